The lowest BCUT2D eigenvalue weighted by atomic mass is 10.1. The first kappa shape index (κ1) is 10.9. The van der Waals surface area contributed by atoms with Gasteiger partial charge in [0, 0.05) is 26.8 Å². The Morgan fingerprint density at radius 3 is 3.00 bits per heavy atom. The predicted octanol–water partition coefficient (Wildman–Crippen LogP) is -1.79. The number of nitrogens with one attached hydrogen (secondary N) is 1. The van der Waals surface area contributed by atoms with Crippen LogP contribution in [0.4, 0.5) is 0 Å². The maximum absolute atomic E-state index is 4.16. The zero-order valence-electron chi connectivity index (χ0n) is 7.88. The SMILES string of the molecule is CN=C1N[N+]2=C(C)CCCC2S1.[Cl-]. The molecule has 2 aliphatic rings. The van der Waals surface area contributed by atoms with Crippen LogP contribution in [0.1, 0.15) is 26.2 Å². The minimum Gasteiger partial charge on any atom is -1.00 e. The van der Waals surface area contributed by atoms with E-state index in [1.807, 2.05) is 18.8 Å². The Balaban J connectivity index is 0.000000845. The maximum Gasteiger partial charge on any atom is 0.234 e. The van der Waals surface area contributed by atoms with E-state index >= 15 is 0 Å². The minimum atomic E-state index is 0. The molecule has 0 aromatic rings. The van der Waals surface area contributed by atoms with Gasteiger partial charge >= 0.3 is 0 Å². The number of fused-ring (bicyclic) bond motifs is 1. The molecule has 0 aromatic heterocycles. The topological polar surface area (TPSA) is 27.4 Å². The van der Waals surface area contributed by atoms with Gasteiger partial charge in [0.05, 0.1) is 0 Å². The second kappa shape index (κ2) is 4.33. The average molecular weight is 220 g/mol. The van der Waals surface area contributed by atoms with Crippen molar-refractivity contribution in [3.05, 3.63) is 0 Å². The lowest BCUT2D eigenvalue weighted by Gasteiger charge is -2.11. The molecule has 1 N–H and O–H groups in total. The van der Waals surface area contributed by atoms with Crippen molar-refractivity contribution in [3.8, 4) is 0 Å². The second-order valence-corrected chi connectivity index (χ2v) is 4.38. The van der Waals surface area contributed by atoms with E-state index in [-0.39, 0.29) is 12.4 Å². The lowest BCUT2D eigenvalue weighted by molar-refractivity contribution is -0.583. The van der Waals surface area contributed by atoms with Gasteiger partial charge in [-0.1, -0.05) is 0 Å². The summed E-state index contributed by atoms with van der Waals surface area (Å²) in [4.78, 5) is 4.16. The smallest absolute Gasteiger partial charge is 0.234 e. The van der Waals surface area contributed by atoms with Crippen molar-refractivity contribution in [3.63, 3.8) is 0 Å². The number of thioether (sulfide) groups is 1. The van der Waals surface area contributed by atoms with Gasteiger partial charge in [0.2, 0.25) is 10.5 Å². The first-order valence-corrected chi connectivity index (χ1v) is 5.21. The lowest BCUT2D eigenvalue weighted by Crippen LogP contribution is -3.00. The number of amidine groups is 1. The van der Waals surface area contributed by atoms with Crippen LogP contribution in [-0.4, -0.2) is 28.0 Å². The van der Waals surface area contributed by atoms with E-state index in [1.54, 1.807) is 0 Å². The van der Waals surface area contributed by atoms with Gasteiger partial charge in [0.1, 0.15) is 0 Å². The van der Waals surface area contributed by atoms with E-state index in [2.05, 4.69) is 22.0 Å². The molecule has 0 bridgehead atoms. The number of halogens is 1. The van der Waals surface area contributed by atoms with Crippen LogP contribution >= 0.6 is 11.8 Å². The Kier molecular flexibility index (Phi) is 3.62. The van der Waals surface area contributed by atoms with E-state index in [4.69, 9.17) is 0 Å². The van der Waals surface area contributed by atoms with Crippen LogP contribution in [0.25, 0.3) is 0 Å². The van der Waals surface area contributed by atoms with Crippen LogP contribution in [-0.2, 0) is 0 Å². The van der Waals surface area contributed by atoms with Crippen molar-refractivity contribution in [2.75, 3.05) is 7.05 Å². The van der Waals surface area contributed by atoms with Gasteiger partial charge in [-0.3, -0.25) is 4.99 Å². The Hall–Kier alpha value is -0.220. The van der Waals surface area contributed by atoms with Crippen molar-refractivity contribution >= 4 is 22.6 Å². The van der Waals surface area contributed by atoms with Gasteiger partial charge in [-0.15, -0.1) is 10.1 Å². The maximum atomic E-state index is 4.16. The van der Waals surface area contributed by atoms with Crippen molar-refractivity contribution in [1.29, 1.82) is 0 Å². The van der Waals surface area contributed by atoms with E-state index in [0.29, 0.717) is 5.37 Å². The summed E-state index contributed by atoms with van der Waals surface area (Å²) in [5, 5.41) is 1.65. The first-order valence-electron chi connectivity index (χ1n) is 4.33. The summed E-state index contributed by atoms with van der Waals surface area (Å²) in [5.74, 6) is 0. The molecule has 3 nitrogen and oxygen atoms in total. The fraction of sp³-hybridized carbons (Fsp3) is 0.750. The summed E-state index contributed by atoms with van der Waals surface area (Å²) in [6.07, 6.45) is 3.81. The molecule has 2 heterocycles. The molecular formula is C8H14ClN3S. The number of rotatable bonds is 0. The quantitative estimate of drug-likeness (QED) is 0.488. The van der Waals surface area contributed by atoms with Crippen LogP contribution in [0.15, 0.2) is 4.99 Å². The number of aliphatic imine (C=N–C) groups is 1. The fourth-order valence-electron chi connectivity index (χ4n) is 1.67. The largest absolute Gasteiger partial charge is 1.00 e. The molecule has 5 heteroatoms. The summed E-state index contributed by atoms with van der Waals surface area (Å²) in [6.45, 7) is 2.19. The summed E-state index contributed by atoms with van der Waals surface area (Å²) in [5.41, 5.74) is 4.74. The molecule has 1 unspecified atom stereocenters. The van der Waals surface area contributed by atoms with Gasteiger partial charge in [-0.05, 0) is 18.2 Å². The second-order valence-electron chi connectivity index (χ2n) is 3.21. The van der Waals surface area contributed by atoms with Crippen LogP contribution in [0, 0.1) is 0 Å². The zero-order chi connectivity index (χ0) is 8.55. The molecule has 0 radical (unpaired) electrons. The monoisotopic (exact) mass is 219 g/mol. The van der Waals surface area contributed by atoms with Crippen LogP contribution in [0.2, 0.25) is 0 Å². The highest BCUT2D eigenvalue weighted by Crippen LogP contribution is 2.27. The zero-order valence-corrected chi connectivity index (χ0v) is 9.45. The van der Waals surface area contributed by atoms with Crippen molar-refractivity contribution < 1.29 is 17.1 Å². The Morgan fingerprint density at radius 1 is 1.62 bits per heavy atom. The molecule has 0 aliphatic carbocycles. The van der Waals surface area contributed by atoms with Crippen LogP contribution < -0.4 is 17.8 Å². The van der Waals surface area contributed by atoms with Gasteiger partial charge in [0.15, 0.2) is 5.71 Å². The molecule has 1 saturated heterocycles. The van der Waals surface area contributed by atoms with E-state index < -0.39 is 0 Å². The molecule has 74 valence electrons. The number of hydrazine groups is 1. The first-order chi connectivity index (χ1) is 5.81. The summed E-state index contributed by atoms with van der Waals surface area (Å²) < 4.78 is 2.26. The molecule has 2 rings (SSSR count). The third-order valence-electron chi connectivity index (χ3n) is 2.36. The fourth-order valence-corrected chi connectivity index (χ4v) is 2.80. The van der Waals surface area contributed by atoms with Gasteiger partial charge in [0.25, 0.3) is 0 Å². The van der Waals surface area contributed by atoms with Crippen LogP contribution in [0.3, 0.4) is 0 Å². The van der Waals surface area contributed by atoms with Crippen molar-refractivity contribution in [2.24, 2.45) is 4.99 Å². The molecule has 0 saturated carbocycles. The molecular weight excluding hydrogens is 206 g/mol. The number of hydrazone groups is 1. The van der Waals surface area contributed by atoms with Crippen molar-refractivity contribution in [2.45, 2.75) is 31.6 Å². The Labute approximate surface area is 89.1 Å². The van der Waals surface area contributed by atoms with Crippen LogP contribution in [0.5, 0.6) is 0 Å². The number of hydrogen-bond donors (Lipinski definition) is 1. The highest BCUT2D eigenvalue weighted by molar-refractivity contribution is 8.14. The summed E-state index contributed by atoms with van der Waals surface area (Å²) >= 11 is 1.84. The molecule has 1 fully saturated rings. The van der Waals surface area contributed by atoms with Crippen molar-refractivity contribution in [1.82, 2.24) is 5.43 Å². The highest BCUT2D eigenvalue weighted by Gasteiger charge is 2.37. The number of nitrogens with zero attached hydrogens (tertiary/aromatic N) is 2. The standard InChI is InChI=1S/C8H14N3S.ClH/c1-6-4-3-5-7-11(6)10-8(9-2)12-7;/h7H,3-5H2,1-2H3,(H,9,10);1H/q+1;/p-1. The Morgan fingerprint density at radius 2 is 2.38 bits per heavy atom. The molecule has 0 amide bonds. The van der Waals surface area contributed by atoms with E-state index in [9.17, 15) is 0 Å². The average Bonchev–Trinajstić information content (AvgIpc) is 2.49. The molecule has 0 aromatic carbocycles. The minimum absolute atomic E-state index is 0. The predicted molar refractivity (Wildman–Crippen MR) is 52.7 cm³/mol. The molecule has 13 heavy (non-hydrogen) atoms. The van der Waals surface area contributed by atoms with Gasteiger partial charge in [-0.2, -0.15) is 0 Å². The summed E-state index contributed by atoms with van der Waals surface area (Å²) in [6, 6.07) is 0. The normalized spacial score (nSPS) is 29.7. The Bertz CT molecular complexity index is 262. The molecule has 2 aliphatic heterocycles. The third kappa shape index (κ3) is 1.99. The third-order valence-corrected chi connectivity index (χ3v) is 3.57. The summed E-state index contributed by atoms with van der Waals surface area (Å²) in [7, 11) is 1.84. The van der Waals surface area contributed by atoms with Gasteiger partial charge < -0.3 is 12.4 Å². The van der Waals surface area contributed by atoms with Gasteiger partial charge in [-0.25, -0.2) is 0 Å². The highest BCUT2D eigenvalue weighted by atomic mass is 35.5. The number of hydrogen-bond acceptors (Lipinski definition) is 2. The molecule has 1 atom stereocenters. The van der Waals surface area contributed by atoms with E-state index in [1.165, 1.54) is 25.0 Å². The van der Waals surface area contributed by atoms with E-state index in [0.717, 1.165) is 5.17 Å². The molecule has 0 spiro atoms.